The minimum atomic E-state index is -0.146. The third kappa shape index (κ3) is 3.95. The van der Waals surface area contributed by atoms with Crippen LogP contribution in [0.15, 0.2) is 0 Å². The van der Waals surface area contributed by atoms with Gasteiger partial charge in [-0.3, -0.25) is 9.69 Å². The lowest BCUT2D eigenvalue weighted by atomic mass is 9.89. The van der Waals surface area contributed by atoms with E-state index in [9.17, 15) is 4.79 Å². The van der Waals surface area contributed by atoms with Gasteiger partial charge in [0.2, 0.25) is 5.91 Å². The van der Waals surface area contributed by atoms with E-state index in [0.717, 1.165) is 25.6 Å². The molecule has 2 heterocycles. The van der Waals surface area contributed by atoms with Crippen LogP contribution in [0.1, 0.15) is 53.4 Å². The third-order valence-electron chi connectivity index (χ3n) is 4.60. The van der Waals surface area contributed by atoms with Gasteiger partial charge in [-0.05, 0) is 78.9 Å². The van der Waals surface area contributed by atoms with Crippen molar-refractivity contribution in [3.63, 3.8) is 0 Å². The molecule has 3 atom stereocenters. The molecular weight excluding hydrogens is 250 g/mol. The molecule has 0 radical (unpaired) electrons. The van der Waals surface area contributed by atoms with Gasteiger partial charge in [0.1, 0.15) is 0 Å². The van der Waals surface area contributed by atoms with Crippen molar-refractivity contribution in [3.8, 4) is 0 Å². The minimum absolute atomic E-state index is 0.0105. The molecule has 20 heavy (non-hydrogen) atoms. The van der Waals surface area contributed by atoms with E-state index in [0.29, 0.717) is 6.04 Å². The van der Waals surface area contributed by atoms with Crippen LogP contribution in [-0.2, 0) is 4.79 Å². The van der Waals surface area contributed by atoms with Crippen molar-refractivity contribution >= 4 is 5.91 Å². The molecule has 2 aliphatic heterocycles. The number of piperidine rings is 1. The van der Waals surface area contributed by atoms with Gasteiger partial charge in [-0.1, -0.05) is 0 Å². The second kappa shape index (κ2) is 6.44. The van der Waals surface area contributed by atoms with Crippen molar-refractivity contribution < 1.29 is 4.79 Å². The number of hydrogen-bond donors (Lipinski definition) is 2. The fourth-order valence-corrected chi connectivity index (χ4v) is 3.63. The molecule has 2 rings (SSSR count). The van der Waals surface area contributed by atoms with Crippen molar-refractivity contribution in [1.29, 1.82) is 0 Å². The van der Waals surface area contributed by atoms with Crippen LogP contribution in [-0.4, -0.2) is 48.1 Å². The van der Waals surface area contributed by atoms with Gasteiger partial charge in [0, 0.05) is 11.6 Å². The molecule has 0 bridgehead atoms. The average Bonchev–Trinajstić information content (AvgIpc) is 2.86. The zero-order valence-corrected chi connectivity index (χ0v) is 13.5. The van der Waals surface area contributed by atoms with Gasteiger partial charge < -0.3 is 10.6 Å². The van der Waals surface area contributed by atoms with Crippen molar-refractivity contribution in [2.45, 2.75) is 71.0 Å². The maximum absolute atomic E-state index is 12.4. The predicted molar refractivity (Wildman–Crippen MR) is 82.7 cm³/mol. The molecule has 1 amide bonds. The molecule has 2 fully saturated rings. The lowest BCUT2D eigenvalue weighted by Crippen LogP contribution is -2.54. The van der Waals surface area contributed by atoms with Crippen LogP contribution in [0.2, 0.25) is 0 Å². The first-order chi connectivity index (χ1) is 9.38. The Labute approximate surface area is 123 Å². The Hall–Kier alpha value is -0.610. The standard InChI is InChI=1S/C16H31N3O/c1-12(15(20)18-16(2,3)4)19-10-6-8-14(19)13-7-5-9-17-11-13/h12-14,17H,5-11H2,1-4H3,(H,18,20). The average molecular weight is 281 g/mol. The summed E-state index contributed by atoms with van der Waals surface area (Å²) >= 11 is 0. The van der Waals surface area contributed by atoms with Crippen molar-refractivity contribution in [2.75, 3.05) is 19.6 Å². The van der Waals surface area contributed by atoms with Gasteiger partial charge in [-0.2, -0.15) is 0 Å². The maximum atomic E-state index is 12.4. The Morgan fingerprint density at radius 3 is 2.65 bits per heavy atom. The summed E-state index contributed by atoms with van der Waals surface area (Å²) in [4.78, 5) is 14.8. The molecule has 0 aromatic rings. The Morgan fingerprint density at radius 2 is 2.05 bits per heavy atom. The largest absolute Gasteiger partial charge is 0.350 e. The predicted octanol–water partition coefficient (Wildman–Crippen LogP) is 1.75. The normalized spacial score (nSPS) is 30.2. The summed E-state index contributed by atoms with van der Waals surface area (Å²) in [7, 11) is 0. The molecule has 0 aromatic carbocycles. The Bertz CT molecular complexity index is 331. The molecular formula is C16H31N3O. The van der Waals surface area contributed by atoms with Crippen molar-refractivity contribution in [1.82, 2.24) is 15.5 Å². The highest BCUT2D eigenvalue weighted by atomic mass is 16.2. The molecule has 0 aromatic heterocycles. The smallest absolute Gasteiger partial charge is 0.237 e. The topological polar surface area (TPSA) is 44.4 Å². The van der Waals surface area contributed by atoms with Gasteiger partial charge in [0.15, 0.2) is 0 Å². The number of rotatable bonds is 3. The van der Waals surface area contributed by atoms with Crippen LogP contribution in [0.3, 0.4) is 0 Å². The first-order valence-electron chi connectivity index (χ1n) is 8.17. The molecule has 0 saturated carbocycles. The van der Waals surface area contributed by atoms with Crippen molar-refractivity contribution in [3.05, 3.63) is 0 Å². The molecule has 116 valence electrons. The summed E-state index contributed by atoms with van der Waals surface area (Å²) in [5.41, 5.74) is -0.146. The summed E-state index contributed by atoms with van der Waals surface area (Å²) in [5.74, 6) is 0.893. The number of carbonyl (C=O) groups is 1. The fraction of sp³-hybridized carbons (Fsp3) is 0.938. The molecule has 0 spiro atoms. The second-order valence-corrected chi connectivity index (χ2v) is 7.47. The van der Waals surface area contributed by atoms with E-state index in [1.165, 1.54) is 25.7 Å². The Morgan fingerprint density at radius 1 is 1.30 bits per heavy atom. The number of nitrogens with zero attached hydrogens (tertiary/aromatic N) is 1. The number of nitrogens with one attached hydrogen (secondary N) is 2. The lowest BCUT2D eigenvalue weighted by Gasteiger charge is -2.37. The van der Waals surface area contributed by atoms with Crippen LogP contribution >= 0.6 is 0 Å². The molecule has 2 N–H and O–H groups in total. The summed E-state index contributed by atoms with van der Waals surface area (Å²) in [6.45, 7) is 11.5. The Balaban J connectivity index is 1.96. The third-order valence-corrected chi connectivity index (χ3v) is 4.60. The van der Waals surface area contributed by atoms with E-state index in [2.05, 4.69) is 22.5 Å². The summed E-state index contributed by atoms with van der Waals surface area (Å²) in [6.07, 6.45) is 5.06. The minimum Gasteiger partial charge on any atom is -0.350 e. The van der Waals surface area contributed by atoms with Crippen LogP contribution in [0.5, 0.6) is 0 Å². The van der Waals surface area contributed by atoms with Gasteiger partial charge in [-0.15, -0.1) is 0 Å². The quantitative estimate of drug-likeness (QED) is 0.828. The molecule has 0 aliphatic carbocycles. The molecule has 2 saturated heterocycles. The van der Waals surface area contributed by atoms with E-state index >= 15 is 0 Å². The van der Waals surface area contributed by atoms with E-state index in [1.54, 1.807) is 0 Å². The number of carbonyl (C=O) groups excluding carboxylic acids is 1. The van der Waals surface area contributed by atoms with Gasteiger partial charge in [0.25, 0.3) is 0 Å². The zero-order chi connectivity index (χ0) is 14.8. The zero-order valence-electron chi connectivity index (χ0n) is 13.5. The second-order valence-electron chi connectivity index (χ2n) is 7.47. The number of amides is 1. The van der Waals surface area contributed by atoms with E-state index < -0.39 is 0 Å². The van der Waals surface area contributed by atoms with Crippen LogP contribution in [0.4, 0.5) is 0 Å². The highest BCUT2D eigenvalue weighted by Gasteiger charge is 2.37. The van der Waals surface area contributed by atoms with Gasteiger partial charge >= 0.3 is 0 Å². The molecule has 3 unspecified atom stereocenters. The highest BCUT2D eigenvalue weighted by Crippen LogP contribution is 2.29. The summed E-state index contributed by atoms with van der Waals surface area (Å²) < 4.78 is 0. The first-order valence-corrected chi connectivity index (χ1v) is 8.17. The number of hydrogen-bond acceptors (Lipinski definition) is 3. The summed E-state index contributed by atoms with van der Waals surface area (Å²) in [5, 5.41) is 6.63. The molecule has 4 nitrogen and oxygen atoms in total. The maximum Gasteiger partial charge on any atom is 0.237 e. The van der Waals surface area contributed by atoms with Crippen molar-refractivity contribution in [2.24, 2.45) is 5.92 Å². The fourth-order valence-electron chi connectivity index (χ4n) is 3.63. The van der Waals surface area contributed by atoms with Gasteiger partial charge in [0.05, 0.1) is 6.04 Å². The number of likely N-dealkylation sites (tertiary alicyclic amines) is 1. The van der Waals surface area contributed by atoms with E-state index in [4.69, 9.17) is 0 Å². The van der Waals surface area contributed by atoms with Crippen LogP contribution < -0.4 is 10.6 Å². The van der Waals surface area contributed by atoms with Crippen LogP contribution in [0, 0.1) is 5.92 Å². The SMILES string of the molecule is CC(C(=O)NC(C)(C)C)N1CCCC1C1CCCNC1. The van der Waals surface area contributed by atoms with Crippen LogP contribution in [0.25, 0.3) is 0 Å². The monoisotopic (exact) mass is 281 g/mol. The molecule has 2 aliphatic rings. The lowest BCUT2D eigenvalue weighted by molar-refractivity contribution is -0.128. The van der Waals surface area contributed by atoms with E-state index in [-0.39, 0.29) is 17.5 Å². The first kappa shape index (κ1) is 15.8. The highest BCUT2D eigenvalue weighted by molar-refractivity contribution is 5.82. The van der Waals surface area contributed by atoms with E-state index in [1.807, 2.05) is 20.8 Å². The molecule has 4 heteroatoms. The Kier molecular flexibility index (Phi) is 5.08. The summed E-state index contributed by atoms with van der Waals surface area (Å²) in [6, 6.07) is 0.576. The van der Waals surface area contributed by atoms with Gasteiger partial charge in [-0.25, -0.2) is 0 Å².